The minimum atomic E-state index is 0.00287. The second kappa shape index (κ2) is 3.78. The molecular formula is C9H12ClNO. The number of aromatic hydroxyl groups is 1. The summed E-state index contributed by atoms with van der Waals surface area (Å²) >= 11 is 5.71. The van der Waals surface area contributed by atoms with Crippen LogP contribution in [0.25, 0.3) is 0 Å². The van der Waals surface area contributed by atoms with Gasteiger partial charge in [-0.2, -0.15) is 0 Å². The molecule has 1 rings (SSSR count). The highest BCUT2D eigenvalue weighted by Gasteiger charge is 2.05. The lowest BCUT2D eigenvalue weighted by atomic mass is 10.1. The number of phenolic OH excluding ortho intramolecular Hbond substituents is 1. The number of nitrogens with two attached hydrogens (primary N) is 1. The third-order valence-corrected chi connectivity index (χ3v) is 2.14. The lowest BCUT2D eigenvalue weighted by molar-refractivity contribution is 0.475. The van der Waals surface area contributed by atoms with Crippen LogP contribution in [-0.4, -0.2) is 5.11 Å². The highest BCUT2D eigenvalue weighted by atomic mass is 35.5. The van der Waals surface area contributed by atoms with Crippen LogP contribution in [0.5, 0.6) is 5.75 Å². The molecule has 66 valence electrons. The van der Waals surface area contributed by atoms with Crippen molar-refractivity contribution in [3.05, 3.63) is 28.8 Å². The van der Waals surface area contributed by atoms with Crippen molar-refractivity contribution in [1.29, 1.82) is 0 Å². The molecule has 0 bridgehead atoms. The first-order chi connectivity index (χ1) is 5.65. The monoisotopic (exact) mass is 185 g/mol. The van der Waals surface area contributed by atoms with Crippen LogP contribution in [0, 0.1) is 0 Å². The van der Waals surface area contributed by atoms with E-state index in [0.29, 0.717) is 5.02 Å². The van der Waals surface area contributed by atoms with Gasteiger partial charge in [0.25, 0.3) is 0 Å². The molecule has 0 amide bonds. The molecule has 0 fully saturated rings. The number of halogens is 1. The molecular weight excluding hydrogens is 174 g/mol. The molecule has 0 radical (unpaired) electrons. The van der Waals surface area contributed by atoms with Crippen molar-refractivity contribution in [2.75, 3.05) is 0 Å². The standard InChI is InChI=1S/C9H12ClNO/c1-2-8(11)6-3-4-9(12)7(10)5-6/h3-5,8,12H,2,11H2,1H3. The third-order valence-electron chi connectivity index (χ3n) is 1.84. The van der Waals surface area contributed by atoms with E-state index in [1.807, 2.05) is 6.92 Å². The number of hydrogen-bond acceptors (Lipinski definition) is 2. The molecule has 0 aliphatic carbocycles. The van der Waals surface area contributed by atoms with Crippen LogP contribution < -0.4 is 5.73 Å². The lowest BCUT2D eigenvalue weighted by Gasteiger charge is -2.09. The van der Waals surface area contributed by atoms with Gasteiger partial charge in [0.1, 0.15) is 5.75 Å². The number of benzene rings is 1. The second-order valence-electron chi connectivity index (χ2n) is 2.73. The van der Waals surface area contributed by atoms with Crippen LogP contribution in [0.15, 0.2) is 18.2 Å². The number of hydrogen-bond donors (Lipinski definition) is 2. The molecule has 0 aromatic heterocycles. The van der Waals surface area contributed by atoms with Crippen LogP contribution >= 0.6 is 11.6 Å². The Hall–Kier alpha value is -0.730. The summed E-state index contributed by atoms with van der Waals surface area (Å²) in [5.74, 6) is 0.101. The Labute approximate surface area is 77.0 Å². The first-order valence-electron chi connectivity index (χ1n) is 3.89. The Balaban J connectivity index is 2.96. The van der Waals surface area contributed by atoms with E-state index in [4.69, 9.17) is 22.4 Å². The quantitative estimate of drug-likeness (QED) is 0.744. The maximum Gasteiger partial charge on any atom is 0.134 e. The number of rotatable bonds is 2. The minimum absolute atomic E-state index is 0.00287. The number of phenols is 1. The summed E-state index contributed by atoms with van der Waals surface area (Å²) in [6.45, 7) is 2.01. The molecule has 0 spiro atoms. The van der Waals surface area contributed by atoms with Gasteiger partial charge in [-0.05, 0) is 24.1 Å². The smallest absolute Gasteiger partial charge is 0.134 e. The van der Waals surface area contributed by atoms with Crippen molar-refractivity contribution in [2.24, 2.45) is 5.73 Å². The highest BCUT2D eigenvalue weighted by molar-refractivity contribution is 6.32. The molecule has 0 aliphatic rings. The summed E-state index contributed by atoms with van der Waals surface area (Å²) in [7, 11) is 0. The fraction of sp³-hybridized carbons (Fsp3) is 0.333. The Morgan fingerprint density at radius 1 is 1.58 bits per heavy atom. The fourth-order valence-corrected chi connectivity index (χ4v) is 1.18. The zero-order valence-corrected chi connectivity index (χ0v) is 7.67. The van der Waals surface area contributed by atoms with E-state index in [1.54, 1.807) is 18.2 Å². The van der Waals surface area contributed by atoms with Crippen LogP contribution in [0.4, 0.5) is 0 Å². The van der Waals surface area contributed by atoms with Gasteiger partial charge in [-0.1, -0.05) is 24.6 Å². The molecule has 0 aliphatic heterocycles. The zero-order chi connectivity index (χ0) is 9.14. The Morgan fingerprint density at radius 3 is 2.75 bits per heavy atom. The summed E-state index contributed by atoms with van der Waals surface area (Å²) < 4.78 is 0. The summed E-state index contributed by atoms with van der Waals surface area (Å²) in [6, 6.07) is 5.05. The minimum Gasteiger partial charge on any atom is -0.506 e. The molecule has 3 N–H and O–H groups in total. The van der Waals surface area contributed by atoms with Crippen molar-refractivity contribution >= 4 is 11.6 Å². The largest absolute Gasteiger partial charge is 0.506 e. The van der Waals surface area contributed by atoms with Gasteiger partial charge in [-0.3, -0.25) is 0 Å². The SMILES string of the molecule is CCC(N)c1ccc(O)c(Cl)c1. The Bertz CT molecular complexity index is 275. The van der Waals surface area contributed by atoms with Crippen molar-refractivity contribution in [1.82, 2.24) is 0 Å². The lowest BCUT2D eigenvalue weighted by Crippen LogP contribution is -2.08. The zero-order valence-electron chi connectivity index (χ0n) is 6.92. The highest BCUT2D eigenvalue weighted by Crippen LogP contribution is 2.26. The van der Waals surface area contributed by atoms with Crippen LogP contribution in [-0.2, 0) is 0 Å². The van der Waals surface area contributed by atoms with Gasteiger partial charge in [-0.25, -0.2) is 0 Å². The maximum absolute atomic E-state index is 9.13. The molecule has 3 heteroatoms. The van der Waals surface area contributed by atoms with Gasteiger partial charge in [0, 0.05) is 6.04 Å². The van der Waals surface area contributed by atoms with Crippen LogP contribution in [0.3, 0.4) is 0 Å². The maximum atomic E-state index is 9.13. The molecule has 1 unspecified atom stereocenters. The van der Waals surface area contributed by atoms with E-state index in [-0.39, 0.29) is 11.8 Å². The third kappa shape index (κ3) is 1.90. The summed E-state index contributed by atoms with van der Waals surface area (Å²) in [4.78, 5) is 0. The molecule has 0 saturated heterocycles. The van der Waals surface area contributed by atoms with Gasteiger partial charge in [-0.15, -0.1) is 0 Å². The summed E-state index contributed by atoms with van der Waals surface area (Å²) in [5.41, 5.74) is 6.73. The van der Waals surface area contributed by atoms with E-state index in [2.05, 4.69) is 0 Å². The molecule has 1 aromatic rings. The molecule has 12 heavy (non-hydrogen) atoms. The van der Waals surface area contributed by atoms with Gasteiger partial charge < -0.3 is 10.8 Å². The van der Waals surface area contributed by atoms with Crippen molar-refractivity contribution < 1.29 is 5.11 Å². The van der Waals surface area contributed by atoms with Crippen LogP contribution in [0.1, 0.15) is 24.9 Å². The molecule has 0 heterocycles. The molecule has 1 aromatic carbocycles. The predicted molar refractivity (Wildman–Crippen MR) is 50.3 cm³/mol. The van der Waals surface area contributed by atoms with Gasteiger partial charge >= 0.3 is 0 Å². The fourth-order valence-electron chi connectivity index (χ4n) is 0.989. The van der Waals surface area contributed by atoms with E-state index in [1.165, 1.54) is 0 Å². The first kappa shape index (κ1) is 9.36. The first-order valence-corrected chi connectivity index (χ1v) is 4.27. The van der Waals surface area contributed by atoms with E-state index in [0.717, 1.165) is 12.0 Å². The predicted octanol–water partition coefficient (Wildman–Crippen LogP) is 2.46. The molecule has 2 nitrogen and oxygen atoms in total. The van der Waals surface area contributed by atoms with E-state index in [9.17, 15) is 0 Å². The van der Waals surface area contributed by atoms with Crippen LogP contribution in [0.2, 0.25) is 5.02 Å². The molecule has 1 atom stereocenters. The molecule has 0 saturated carbocycles. The van der Waals surface area contributed by atoms with E-state index >= 15 is 0 Å². The summed E-state index contributed by atoms with van der Waals surface area (Å²) in [5, 5.41) is 9.48. The van der Waals surface area contributed by atoms with Crippen molar-refractivity contribution in [2.45, 2.75) is 19.4 Å². The van der Waals surface area contributed by atoms with Gasteiger partial charge in [0.15, 0.2) is 0 Å². The normalized spacial score (nSPS) is 12.9. The second-order valence-corrected chi connectivity index (χ2v) is 3.13. The van der Waals surface area contributed by atoms with Gasteiger partial charge in [0.05, 0.1) is 5.02 Å². The Kier molecular flexibility index (Phi) is 2.95. The average molecular weight is 186 g/mol. The van der Waals surface area contributed by atoms with E-state index < -0.39 is 0 Å². The Morgan fingerprint density at radius 2 is 2.25 bits per heavy atom. The summed E-state index contributed by atoms with van der Waals surface area (Å²) in [6.07, 6.45) is 0.862. The van der Waals surface area contributed by atoms with Crippen molar-refractivity contribution in [3.63, 3.8) is 0 Å². The topological polar surface area (TPSA) is 46.2 Å². The van der Waals surface area contributed by atoms with Crippen molar-refractivity contribution in [3.8, 4) is 5.75 Å². The average Bonchev–Trinajstić information content (AvgIpc) is 2.08. The van der Waals surface area contributed by atoms with Gasteiger partial charge in [0.2, 0.25) is 0 Å².